The van der Waals surface area contributed by atoms with Gasteiger partial charge in [0.2, 0.25) is 0 Å². The summed E-state index contributed by atoms with van der Waals surface area (Å²) in [4.78, 5) is 38.2. The molecule has 1 saturated heterocycles. The van der Waals surface area contributed by atoms with Gasteiger partial charge >= 0.3 is 6.03 Å². The predicted octanol–water partition coefficient (Wildman–Crippen LogP) is 3.79. The molecule has 4 amide bonds. The van der Waals surface area contributed by atoms with Gasteiger partial charge in [-0.1, -0.05) is 36.4 Å². The number of aromatic hydroxyl groups is 1. The van der Waals surface area contributed by atoms with Crippen molar-refractivity contribution in [1.29, 1.82) is 0 Å². The smallest absolute Gasteiger partial charge is 0.335 e. The van der Waals surface area contributed by atoms with Gasteiger partial charge in [-0.3, -0.25) is 14.9 Å². The highest BCUT2D eigenvalue weighted by Crippen LogP contribution is 2.24. The quantitative estimate of drug-likeness (QED) is 0.501. The Morgan fingerprint density at radius 3 is 2.29 bits per heavy atom. The summed E-state index contributed by atoms with van der Waals surface area (Å²) in [6.07, 6.45) is 1.95. The third-order valence-corrected chi connectivity index (χ3v) is 4.80. The Hall–Kier alpha value is -4.26. The largest absolute Gasteiger partial charge is 0.508 e. The van der Waals surface area contributed by atoms with Crippen molar-refractivity contribution in [2.24, 2.45) is 0 Å². The van der Waals surface area contributed by atoms with E-state index in [4.69, 9.17) is 0 Å². The van der Waals surface area contributed by atoms with E-state index in [-0.39, 0.29) is 22.8 Å². The molecule has 6 nitrogen and oxygen atoms in total. The Balaban J connectivity index is 1.57. The molecule has 1 aliphatic heterocycles. The number of hydrogen-bond acceptors (Lipinski definition) is 4. The summed E-state index contributed by atoms with van der Waals surface area (Å²) in [6.45, 7) is 0. The van der Waals surface area contributed by atoms with Crippen LogP contribution >= 0.6 is 0 Å². The van der Waals surface area contributed by atoms with Crippen molar-refractivity contribution in [3.8, 4) is 5.75 Å². The van der Waals surface area contributed by atoms with Gasteiger partial charge in [-0.15, -0.1) is 0 Å². The molecule has 0 aliphatic carbocycles. The molecule has 0 spiro atoms. The zero-order chi connectivity index (χ0) is 22.0. The number of hydrogen-bond donors (Lipinski definition) is 2. The maximum atomic E-state index is 13.4. The van der Waals surface area contributed by atoms with E-state index in [0.29, 0.717) is 12.0 Å². The third-order valence-electron chi connectivity index (χ3n) is 4.80. The number of nitrogens with one attached hydrogen (secondary N) is 1. The fourth-order valence-corrected chi connectivity index (χ4v) is 3.27. The number of nitrogens with zero attached hydrogens (tertiary/aromatic N) is 1. The molecule has 0 bridgehead atoms. The average Bonchev–Trinajstić information content (AvgIpc) is 2.73. The molecule has 0 aromatic heterocycles. The van der Waals surface area contributed by atoms with Crippen LogP contribution in [0, 0.1) is 5.82 Å². The van der Waals surface area contributed by atoms with Crippen LogP contribution in [0.3, 0.4) is 0 Å². The number of halogens is 1. The number of carbonyl (C=O) groups is 3. The van der Waals surface area contributed by atoms with Crippen LogP contribution in [0.1, 0.15) is 16.7 Å². The highest BCUT2D eigenvalue weighted by Gasteiger charge is 2.36. The summed E-state index contributed by atoms with van der Waals surface area (Å²) in [7, 11) is 0. The minimum absolute atomic E-state index is 0.0150. The monoisotopic (exact) mass is 416 g/mol. The number of amides is 4. The van der Waals surface area contributed by atoms with Crippen LogP contribution in [-0.4, -0.2) is 23.0 Å². The minimum Gasteiger partial charge on any atom is -0.508 e. The number of barbiturate groups is 1. The summed E-state index contributed by atoms with van der Waals surface area (Å²) in [5, 5.41) is 11.6. The molecule has 1 fully saturated rings. The van der Waals surface area contributed by atoms with E-state index < -0.39 is 17.8 Å². The molecule has 154 valence electrons. The SMILES string of the molecule is O=C1NC(=O)N(c2ccc(O)cc2)C(=O)/C1=C/c1ccc(Cc2cccc(F)c2)cc1. The Bertz CT molecular complexity index is 1200. The molecule has 0 atom stereocenters. The normalized spacial score (nSPS) is 15.3. The molecule has 0 saturated carbocycles. The van der Waals surface area contributed by atoms with Crippen LogP contribution in [0.4, 0.5) is 14.9 Å². The topological polar surface area (TPSA) is 86.7 Å². The Morgan fingerprint density at radius 1 is 0.903 bits per heavy atom. The molecule has 31 heavy (non-hydrogen) atoms. The van der Waals surface area contributed by atoms with E-state index in [1.807, 2.05) is 18.2 Å². The fraction of sp³-hybridized carbons (Fsp3) is 0.0417. The van der Waals surface area contributed by atoms with Crippen molar-refractivity contribution in [3.05, 3.63) is 101 Å². The van der Waals surface area contributed by atoms with Crippen LogP contribution in [0.25, 0.3) is 6.08 Å². The molecule has 0 unspecified atom stereocenters. The molecule has 3 aromatic carbocycles. The molecular formula is C24H17FN2O4. The lowest BCUT2D eigenvalue weighted by Crippen LogP contribution is -2.54. The first-order valence-corrected chi connectivity index (χ1v) is 9.44. The summed E-state index contributed by atoms with van der Waals surface area (Å²) in [6, 6.07) is 18.1. The Morgan fingerprint density at radius 2 is 1.61 bits per heavy atom. The predicted molar refractivity (Wildman–Crippen MR) is 113 cm³/mol. The van der Waals surface area contributed by atoms with Gasteiger partial charge in [0.1, 0.15) is 17.1 Å². The molecule has 1 heterocycles. The molecule has 0 radical (unpaired) electrons. The van der Waals surface area contributed by atoms with Crippen molar-refractivity contribution >= 4 is 29.6 Å². The second kappa shape index (κ2) is 8.23. The van der Waals surface area contributed by atoms with Gasteiger partial charge < -0.3 is 5.11 Å². The van der Waals surface area contributed by atoms with Gasteiger partial charge in [0.05, 0.1) is 5.69 Å². The zero-order valence-electron chi connectivity index (χ0n) is 16.2. The number of benzene rings is 3. The van der Waals surface area contributed by atoms with Crippen LogP contribution in [0.15, 0.2) is 78.4 Å². The highest BCUT2D eigenvalue weighted by molar-refractivity contribution is 6.39. The van der Waals surface area contributed by atoms with Crippen LogP contribution in [0.5, 0.6) is 5.75 Å². The van der Waals surface area contributed by atoms with Crippen molar-refractivity contribution < 1.29 is 23.9 Å². The number of carbonyl (C=O) groups excluding carboxylic acids is 3. The highest BCUT2D eigenvalue weighted by atomic mass is 19.1. The summed E-state index contributed by atoms with van der Waals surface area (Å²) >= 11 is 0. The second-order valence-electron chi connectivity index (χ2n) is 7.02. The van der Waals surface area contributed by atoms with Crippen LogP contribution < -0.4 is 10.2 Å². The van der Waals surface area contributed by atoms with Gasteiger partial charge in [-0.25, -0.2) is 14.1 Å². The maximum Gasteiger partial charge on any atom is 0.335 e. The first-order chi connectivity index (χ1) is 14.9. The lowest BCUT2D eigenvalue weighted by atomic mass is 10.0. The standard InChI is InChI=1S/C24H17FN2O4/c25-18-3-1-2-17(13-18)12-15-4-6-16(7-5-15)14-21-22(29)26-24(31)27(23(21)30)19-8-10-20(28)11-9-19/h1-11,13-14,28H,12H2,(H,26,29,31)/b21-14+. The van der Waals surface area contributed by atoms with E-state index >= 15 is 0 Å². The molecule has 7 heteroatoms. The van der Waals surface area contributed by atoms with Crippen molar-refractivity contribution in [2.75, 3.05) is 4.90 Å². The van der Waals surface area contributed by atoms with E-state index in [2.05, 4.69) is 5.32 Å². The van der Waals surface area contributed by atoms with E-state index in [1.165, 1.54) is 42.5 Å². The average molecular weight is 416 g/mol. The van der Waals surface area contributed by atoms with Crippen molar-refractivity contribution in [3.63, 3.8) is 0 Å². The number of phenolic OH excluding ortho intramolecular Hbond substituents is 1. The fourth-order valence-electron chi connectivity index (χ4n) is 3.27. The van der Waals surface area contributed by atoms with Gasteiger partial charge in [-0.05, 0) is 65.6 Å². The number of imide groups is 2. The van der Waals surface area contributed by atoms with Gasteiger partial charge in [-0.2, -0.15) is 0 Å². The minimum atomic E-state index is -0.858. The first-order valence-electron chi connectivity index (χ1n) is 9.44. The summed E-state index contributed by atoms with van der Waals surface area (Å²) < 4.78 is 13.4. The molecule has 2 N–H and O–H groups in total. The van der Waals surface area contributed by atoms with Gasteiger partial charge in [0.25, 0.3) is 11.8 Å². The summed E-state index contributed by atoms with van der Waals surface area (Å²) in [5.74, 6) is -1.86. The molecule has 4 rings (SSSR count). The van der Waals surface area contributed by atoms with Gasteiger partial charge in [0.15, 0.2) is 0 Å². The zero-order valence-corrected chi connectivity index (χ0v) is 16.2. The van der Waals surface area contributed by atoms with Crippen LogP contribution in [0.2, 0.25) is 0 Å². The molecule has 3 aromatic rings. The summed E-state index contributed by atoms with van der Waals surface area (Å²) in [5.41, 5.74) is 2.40. The maximum absolute atomic E-state index is 13.4. The molecular weight excluding hydrogens is 399 g/mol. The lowest BCUT2D eigenvalue weighted by molar-refractivity contribution is -0.122. The van der Waals surface area contributed by atoms with Crippen LogP contribution in [-0.2, 0) is 16.0 Å². The lowest BCUT2D eigenvalue weighted by Gasteiger charge is -2.26. The Labute approximate surface area is 177 Å². The third kappa shape index (κ3) is 4.35. The number of rotatable bonds is 4. The van der Waals surface area contributed by atoms with Crippen molar-refractivity contribution in [2.45, 2.75) is 6.42 Å². The van der Waals surface area contributed by atoms with Crippen molar-refractivity contribution in [1.82, 2.24) is 5.32 Å². The Kier molecular flexibility index (Phi) is 5.32. The number of anilines is 1. The van der Waals surface area contributed by atoms with Gasteiger partial charge in [0, 0.05) is 0 Å². The number of urea groups is 1. The molecule has 1 aliphatic rings. The number of phenols is 1. The second-order valence-corrected chi connectivity index (χ2v) is 7.02. The van der Waals surface area contributed by atoms with E-state index in [9.17, 15) is 23.9 Å². The first kappa shape index (κ1) is 20.0. The van der Waals surface area contributed by atoms with E-state index in [1.54, 1.807) is 18.2 Å². The van der Waals surface area contributed by atoms with E-state index in [0.717, 1.165) is 16.0 Å².